The molecule has 1 unspecified atom stereocenters. The number of nitrogens with one attached hydrogen (secondary N) is 1. The van der Waals surface area contributed by atoms with Gasteiger partial charge in [0.15, 0.2) is 0 Å². The van der Waals surface area contributed by atoms with Gasteiger partial charge in [0.25, 0.3) is 0 Å². The van der Waals surface area contributed by atoms with Crippen LogP contribution in [0.3, 0.4) is 0 Å². The average molecular weight is 464 g/mol. The Morgan fingerprint density at radius 1 is 0.781 bits per heavy atom. The predicted octanol–water partition coefficient (Wildman–Crippen LogP) is 7.30. The lowest BCUT2D eigenvalue weighted by atomic mass is 9.77. The van der Waals surface area contributed by atoms with Crippen molar-refractivity contribution in [1.29, 1.82) is 0 Å². The second kappa shape index (κ2) is 12.2. The quantitative estimate of drug-likeness (QED) is 0.239. The molecule has 0 bridgehead atoms. The van der Waals surface area contributed by atoms with Gasteiger partial charge in [-0.25, -0.2) is 0 Å². The van der Waals surface area contributed by atoms with Gasteiger partial charge in [0.05, 0.1) is 0 Å². The van der Waals surface area contributed by atoms with E-state index < -0.39 is 5.54 Å². The van der Waals surface area contributed by atoms with Crippen LogP contribution in [0.25, 0.3) is 0 Å². The van der Waals surface area contributed by atoms with Crippen molar-refractivity contribution < 1.29 is 4.79 Å². The normalized spacial score (nSPS) is 12.5. The summed E-state index contributed by atoms with van der Waals surface area (Å²) in [6, 6.07) is 30.8. The van der Waals surface area contributed by atoms with Crippen LogP contribution < -0.4 is 5.32 Å². The van der Waals surface area contributed by atoms with E-state index in [1.54, 1.807) is 0 Å². The third-order valence-electron chi connectivity index (χ3n) is 5.36. The standard InChI is InChI=1S/C28H33NOS2/c1-22(2)21-31-32-23(3)19-20-27(30)29-28(24-13-7-4-8-14-24,25-15-9-5-10-16-25)26-17-11-6-12-18-26/h4-18,22-23H,19-21H2,1-3H3,(H,29,30). The fourth-order valence-corrected chi connectivity index (χ4v) is 6.56. The molecule has 0 aliphatic carbocycles. The Kier molecular flexibility index (Phi) is 9.31. The second-order valence-electron chi connectivity index (χ2n) is 8.52. The van der Waals surface area contributed by atoms with Crippen molar-refractivity contribution in [2.45, 2.75) is 44.4 Å². The Labute approximate surface area is 201 Å². The Bertz CT molecular complexity index is 848. The Morgan fingerprint density at radius 3 is 1.62 bits per heavy atom. The van der Waals surface area contributed by atoms with Crippen LogP contribution in [0, 0.1) is 5.92 Å². The van der Waals surface area contributed by atoms with Crippen LogP contribution in [-0.4, -0.2) is 16.9 Å². The molecule has 32 heavy (non-hydrogen) atoms. The molecule has 4 heteroatoms. The van der Waals surface area contributed by atoms with E-state index in [0.29, 0.717) is 17.6 Å². The number of hydrogen-bond acceptors (Lipinski definition) is 3. The maximum Gasteiger partial charge on any atom is 0.221 e. The van der Waals surface area contributed by atoms with E-state index in [4.69, 9.17) is 0 Å². The molecule has 2 nitrogen and oxygen atoms in total. The molecule has 0 aromatic heterocycles. The monoisotopic (exact) mass is 463 g/mol. The smallest absolute Gasteiger partial charge is 0.221 e. The third kappa shape index (κ3) is 6.43. The van der Waals surface area contributed by atoms with Crippen LogP contribution >= 0.6 is 21.6 Å². The summed E-state index contributed by atoms with van der Waals surface area (Å²) in [7, 11) is 3.80. The predicted molar refractivity (Wildman–Crippen MR) is 141 cm³/mol. The largest absolute Gasteiger partial charge is 0.338 e. The van der Waals surface area contributed by atoms with Crippen LogP contribution in [-0.2, 0) is 10.3 Å². The lowest BCUT2D eigenvalue weighted by molar-refractivity contribution is -0.122. The van der Waals surface area contributed by atoms with Gasteiger partial charge < -0.3 is 5.32 Å². The zero-order valence-electron chi connectivity index (χ0n) is 19.2. The third-order valence-corrected chi connectivity index (χ3v) is 8.66. The first-order valence-corrected chi connectivity index (χ1v) is 13.7. The summed E-state index contributed by atoms with van der Waals surface area (Å²) in [5.41, 5.74) is 2.44. The first-order chi connectivity index (χ1) is 15.5. The maximum atomic E-state index is 13.3. The molecule has 1 N–H and O–H groups in total. The molecule has 3 rings (SSSR count). The van der Waals surface area contributed by atoms with Gasteiger partial charge in [0.2, 0.25) is 5.91 Å². The maximum absolute atomic E-state index is 13.3. The van der Waals surface area contributed by atoms with E-state index in [0.717, 1.165) is 28.9 Å². The lowest BCUT2D eigenvalue weighted by Gasteiger charge is -2.37. The number of hydrogen-bond donors (Lipinski definition) is 1. The molecule has 0 radical (unpaired) electrons. The minimum absolute atomic E-state index is 0.0721. The van der Waals surface area contributed by atoms with Gasteiger partial charge in [0, 0.05) is 17.4 Å². The average Bonchev–Trinajstić information content (AvgIpc) is 2.83. The van der Waals surface area contributed by atoms with E-state index in [2.05, 4.69) is 62.5 Å². The molecular formula is C28H33NOS2. The van der Waals surface area contributed by atoms with Crippen molar-refractivity contribution in [2.24, 2.45) is 5.92 Å². The molecule has 3 aromatic carbocycles. The highest BCUT2D eigenvalue weighted by Crippen LogP contribution is 2.37. The van der Waals surface area contributed by atoms with Gasteiger partial charge in [-0.3, -0.25) is 4.79 Å². The minimum Gasteiger partial charge on any atom is -0.338 e. The lowest BCUT2D eigenvalue weighted by Crippen LogP contribution is -2.47. The van der Waals surface area contributed by atoms with Gasteiger partial charge in [-0.05, 0) is 29.0 Å². The number of amides is 1. The summed E-state index contributed by atoms with van der Waals surface area (Å²) in [4.78, 5) is 13.3. The van der Waals surface area contributed by atoms with Crippen molar-refractivity contribution in [3.63, 3.8) is 0 Å². The number of rotatable bonds is 11. The first kappa shape index (κ1) is 24.5. The van der Waals surface area contributed by atoms with E-state index in [-0.39, 0.29) is 5.91 Å². The molecule has 1 amide bonds. The molecule has 1 atom stereocenters. The van der Waals surface area contributed by atoms with Crippen molar-refractivity contribution >= 4 is 27.5 Å². The molecule has 0 saturated carbocycles. The van der Waals surface area contributed by atoms with Crippen LogP contribution in [0.5, 0.6) is 0 Å². The summed E-state index contributed by atoms with van der Waals surface area (Å²) >= 11 is 0. The molecule has 0 saturated heterocycles. The van der Waals surface area contributed by atoms with E-state index in [1.165, 1.54) is 0 Å². The topological polar surface area (TPSA) is 29.1 Å². The fraction of sp³-hybridized carbons (Fsp3) is 0.321. The SMILES string of the molecule is CC(C)CSSC(C)CCC(=O)NC(c1ccccc1)(c1ccccc1)c1ccccc1. The molecular weight excluding hydrogens is 430 g/mol. The van der Waals surface area contributed by atoms with Crippen molar-refractivity contribution in [1.82, 2.24) is 5.32 Å². The molecule has 0 spiro atoms. The Morgan fingerprint density at radius 2 is 1.22 bits per heavy atom. The number of carbonyl (C=O) groups is 1. The molecule has 3 aromatic rings. The Hall–Kier alpha value is -2.17. The zero-order valence-corrected chi connectivity index (χ0v) is 20.8. The van der Waals surface area contributed by atoms with Crippen LogP contribution in [0.2, 0.25) is 0 Å². The molecule has 0 aliphatic rings. The molecule has 0 aliphatic heterocycles. The van der Waals surface area contributed by atoms with Gasteiger partial charge in [-0.1, -0.05) is 133 Å². The van der Waals surface area contributed by atoms with Gasteiger partial charge in [0.1, 0.15) is 5.54 Å². The highest BCUT2D eigenvalue weighted by Gasteiger charge is 2.37. The molecule has 168 valence electrons. The van der Waals surface area contributed by atoms with Gasteiger partial charge >= 0.3 is 0 Å². The number of carbonyl (C=O) groups excluding carboxylic acids is 1. The fourth-order valence-electron chi connectivity index (χ4n) is 3.73. The van der Waals surface area contributed by atoms with E-state index in [1.807, 2.05) is 76.2 Å². The van der Waals surface area contributed by atoms with Crippen LogP contribution in [0.15, 0.2) is 91.0 Å². The summed E-state index contributed by atoms with van der Waals surface area (Å²) in [5.74, 6) is 1.90. The van der Waals surface area contributed by atoms with E-state index >= 15 is 0 Å². The summed E-state index contributed by atoms with van der Waals surface area (Å²) < 4.78 is 0. The Balaban J connectivity index is 1.87. The van der Waals surface area contributed by atoms with Gasteiger partial charge in [-0.15, -0.1) is 0 Å². The summed E-state index contributed by atoms with van der Waals surface area (Å²) in [6.45, 7) is 6.69. The minimum atomic E-state index is -0.733. The van der Waals surface area contributed by atoms with Crippen molar-refractivity contribution in [2.75, 3.05) is 5.75 Å². The zero-order chi connectivity index (χ0) is 22.8. The highest BCUT2D eigenvalue weighted by atomic mass is 33.1. The highest BCUT2D eigenvalue weighted by molar-refractivity contribution is 8.76. The summed E-state index contributed by atoms with van der Waals surface area (Å²) in [5, 5.41) is 3.89. The summed E-state index contributed by atoms with van der Waals surface area (Å²) in [6.07, 6.45) is 1.36. The molecule has 0 heterocycles. The van der Waals surface area contributed by atoms with Crippen LogP contribution in [0.1, 0.15) is 50.3 Å². The van der Waals surface area contributed by atoms with Crippen LogP contribution in [0.4, 0.5) is 0 Å². The van der Waals surface area contributed by atoms with Gasteiger partial charge in [-0.2, -0.15) is 0 Å². The first-order valence-electron chi connectivity index (χ1n) is 11.3. The second-order valence-corrected chi connectivity index (χ2v) is 11.4. The van der Waals surface area contributed by atoms with Crippen molar-refractivity contribution in [3.05, 3.63) is 108 Å². The van der Waals surface area contributed by atoms with E-state index in [9.17, 15) is 4.79 Å². The van der Waals surface area contributed by atoms with Crippen molar-refractivity contribution in [3.8, 4) is 0 Å². The number of benzene rings is 3. The molecule has 0 fully saturated rings.